The number of ketones is 1. The molecule has 5 rings (SSSR count). The zero-order valence-corrected chi connectivity index (χ0v) is 28.0. The summed E-state index contributed by atoms with van der Waals surface area (Å²) in [6.07, 6.45) is 4.64. The van der Waals surface area contributed by atoms with E-state index in [1.165, 1.54) is 11.3 Å². The van der Waals surface area contributed by atoms with E-state index in [1.807, 2.05) is 69.3 Å². The lowest BCUT2D eigenvalue weighted by Gasteiger charge is -2.36. The van der Waals surface area contributed by atoms with Crippen LogP contribution >= 0.6 is 11.3 Å². The molecule has 1 amide bonds. The van der Waals surface area contributed by atoms with Crippen LogP contribution in [0.15, 0.2) is 73.1 Å². The van der Waals surface area contributed by atoms with Crippen LogP contribution in [-0.4, -0.2) is 44.4 Å². The van der Waals surface area contributed by atoms with E-state index in [4.69, 9.17) is 4.74 Å². The molecule has 0 aliphatic heterocycles. The van der Waals surface area contributed by atoms with E-state index in [0.717, 1.165) is 27.1 Å². The van der Waals surface area contributed by atoms with Crippen LogP contribution in [0.1, 0.15) is 74.5 Å². The van der Waals surface area contributed by atoms with Crippen LogP contribution in [0.4, 0.5) is 0 Å². The van der Waals surface area contributed by atoms with Gasteiger partial charge in [-0.15, -0.1) is 11.3 Å². The standard InChI is InChI=1S/C37H41N3O5S/c1-36(2,3)31-16-15-30(46-31)34(43)40-29(32(42)25-18-26(19-25)35(44)45-37(4,5)6)17-22-7-9-24(10-8-22)33-38-20-27(21-39-33)23-11-13-28(41)14-12-23/h7-16,20-21,25-26,29,41H,17-19H2,1-6H3,(H,40,43)/t25?,26?,29-/m0/s1. The summed E-state index contributed by atoms with van der Waals surface area (Å²) < 4.78 is 5.52. The third kappa shape index (κ3) is 8.07. The number of phenolic OH excluding ortho intramolecular Hbond substituents is 1. The van der Waals surface area contributed by atoms with Gasteiger partial charge < -0.3 is 15.2 Å². The number of hydrogen-bond donors (Lipinski definition) is 2. The van der Waals surface area contributed by atoms with Gasteiger partial charge in [0.1, 0.15) is 11.4 Å². The molecule has 4 aromatic rings. The fourth-order valence-electron chi connectivity index (χ4n) is 5.33. The lowest BCUT2D eigenvalue weighted by molar-refractivity contribution is -0.165. The molecule has 2 N–H and O–H groups in total. The fourth-order valence-corrected chi connectivity index (χ4v) is 6.30. The Bertz CT molecular complexity index is 1690. The Morgan fingerprint density at radius 3 is 2.02 bits per heavy atom. The molecule has 1 saturated carbocycles. The number of aromatic nitrogens is 2. The number of hydrogen-bond acceptors (Lipinski definition) is 8. The number of nitrogens with zero attached hydrogens (tertiary/aromatic N) is 2. The molecule has 9 heteroatoms. The summed E-state index contributed by atoms with van der Waals surface area (Å²) in [5.74, 6) is -0.501. The quantitative estimate of drug-likeness (QED) is 0.187. The van der Waals surface area contributed by atoms with Crippen molar-refractivity contribution in [1.82, 2.24) is 15.3 Å². The molecule has 2 aromatic heterocycles. The number of ether oxygens (including phenoxy) is 1. The van der Waals surface area contributed by atoms with E-state index in [1.54, 1.807) is 24.5 Å². The van der Waals surface area contributed by atoms with Gasteiger partial charge in [0.15, 0.2) is 11.6 Å². The Morgan fingerprint density at radius 2 is 1.46 bits per heavy atom. The average molecular weight is 640 g/mol. The van der Waals surface area contributed by atoms with Gasteiger partial charge in [-0.1, -0.05) is 57.2 Å². The Labute approximate surface area is 274 Å². The first-order valence-electron chi connectivity index (χ1n) is 15.5. The van der Waals surface area contributed by atoms with Gasteiger partial charge in [-0.2, -0.15) is 0 Å². The number of rotatable bonds is 9. The Balaban J connectivity index is 1.30. The van der Waals surface area contributed by atoms with Crippen LogP contribution in [0, 0.1) is 11.8 Å². The van der Waals surface area contributed by atoms with Crippen molar-refractivity contribution in [3.05, 3.63) is 88.4 Å². The largest absolute Gasteiger partial charge is 0.508 e. The molecule has 1 aliphatic carbocycles. The lowest BCUT2D eigenvalue weighted by Crippen LogP contribution is -2.49. The van der Waals surface area contributed by atoms with Crippen LogP contribution in [0.25, 0.3) is 22.5 Å². The molecule has 0 spiro atoms. The molecule has 0 saturated heterocycles. The second-order valence-electron chi connectivity index (χ2n) is 14.0. The van der Waals surface area contributed by atoms with Gasteiger partial charge in [0.05, 0.1) is 16.8 Å². The van der Waals surface area contributed by atoms with Crippen molar-refractivity contribution in [2.75, 3.05) is 0 Å². The van der Waals surface area contributed by atoms with Gasteiger partial charge in [-0.25, -0.2) is 9.97 Å². The minimum Gasteiger partial charge on any atom is -0.508 e. The Kier molecular flexibility index (Phi) is 9.44. The van der Waals surface area contributed by atoms with Crippen LogP contribution in [0.5, 0.6) is 5.75 Å². The summed E-state index contributed by atoms with van der Waals surface area (Å²) in [7, 11) is 0. The van der Waals surface area contributed by atoms with Crippen molar-refractivity contribution >= 4 is 29.0 Å². The molecule has 2 aromatic carbocycles. The number of thiophene rings is 1. The minimum atomic E-state index is -0.746. The van der Waals surface area contributed by atoms with Crippen molar-refractivity contribution in [1.29, 1.82) is 0 Å². The van der Waals surface area contributed by atoms with E-state index in [-0.39, 0.29) is 40.7 Å². The van der Waals surface area contributed by atoms with E-state index in [2.05, 4.69) is 36.1 Å². The van der Waals surface area contributed by atoms with E-state index in [0.29, 0.717) is 30.0 Å². The van der Waals surface area contributed by atoms with Crippen LogP contribution in [0.3, 0.4) is 0 Å². The average Bonchev–Trinajstić information content (AvgIpc) is 3.48. The second kappa shape index (κ2) is 13.2. The first-order valence-corrected chi connectivity index (χ1v) is 16.4. The normalized spacial score (nSPS) is 17.1. The second-order valence-corrected chi connectivity index (χ2v) is 15.1. The highest BCUT2D eigenvalue weighted by Gasteiger charge is 2.43. The summed E-state index contributed by atoms with van der Waals surface area (Å²) >= 11 is 1.44. The van der Waals surface area contributed by atoms with E-state index < -0.39 is 11.6 Å². The molecule has 0 bridgehead atoms. The molecule has 8 nitrogen and oxygen atoms in total. The number of esters is 1. The maximum Gasteiger partial charge on any atom is 0.309 e. The summed E-state index contributed by atoms with van der Waals surface area (Å²) in [6.45, 7) is 11.8. The molecule has 2 heterocycles. The number of carbonyl (C=O) groups is 3. The number of carbonyl (C=O) groups excluding carboxylic acids is 3. The number of nitrogens with one attached hydrogen (secondary N) is 1. The molecule has 1 atom stereocenters. The minimum absolute atomic E-state index is 0.0713. The fraction of sp³-hybridized carbons (Fsp3) is 0.378. The topological polar surface area (TPSA) is 118 Å². The number of aromatic hydroxyl groups is 1. The van der Waals surface area contributed by atoms with Gasteiger partial charge in [-0.3, -0.25) is 14.4 Å². The van der Waals surface area contributed by atoms with Gasteiger partial charge in [0, 0.05) is 34.3 Å². The van der Waals surface area contributed by atoms with Crippen molar-refractivity contribution in [2.24, 2.45) is 11.8 Å². The Hall–Kier alpha value is -4.37. The maximum absolute atomic E-state index is 13.8. The summed E-state index contributed by atoms with van der Waals surface area (Å²) in [6, 6.07) is 17.5. The molecule has 46 heavy (non-hydrogen) atoms. The monoisotopic (exact) mass is 639 g/mol. The smallest absolute Gasteiger partial charge is 0.309 e. The lowest BCUT2D eigenvalue weighted by atomic mass is 9.70. The number of amides is 1. The van der Waals surface area contributed by atoms with Crippen LogP contribution in [-0.2, 0) is 26.2 Å². The van der Waals surface area contributed by atoms with Gasteiger partial charge in [0.25, 0.3) is 5.91 Å². The zero-order chi connectivity index (χ0) is 33.2. The first kappa shape index (κ1) is 33.0. The SMILES string of the molecule is CC(C)(C)OC(=O)C1CC(C(=O)[C@H](Cc2ccc(-c3ncc(-c4ccc(O)cc4)cn3)cc2)NC(=O)c2ccc(C(C)(C)C)s2)C1. The van der Waals surface area contributed by atoms with Crippen molar-refractivity contribution in [3.8, 4) is 28.3 Å². The van der Waals surface area contributed by atoms with Crippen molar-refractivity contribution in [2.45, 2.75) is 77.9 Å². The molecular formula is C37H41N3O5S. The highest BCUT2D eigenvalue weighted by atomic mass is 32.1. The number of Topliss-reactive ketones (excluding diaryl/α,β-unsaturated/α-hetero) is 1. The molecule has 0 unspecified atom stereocenters. The molecular weight excluding hydrogens is 598 g/mol. The molecule has 0 radical (unpaired) electrons. The zero-order valence-electron chi connectivity index (χ0n) is 27.2. The van der Waals surface area contributed by atoms with Gasteiger partial charge >= 0.3 is 5.97 Å². The number of benzene rings is 2. The van der Waals surface area contributed by atoms with Crippen LogP contribution < -0.4 is 5.32 Å². The third-order valence-electron chi connectivity index (χ3n) is 8.00. The highest BCUT2D eigenvalue weighted by Crippen LogP contribution is 2.37. The number of phenols is 1. The summed E-state index contributed by atoms with van der Waals surface area (Å²) in [5.41, 5.74) is 2.77. The van der Waals surface area contributed by atoms with Gasteiger partial charge in [0.2, 0.25) is 0 Å². The molecule has 240 valence electrons. The summed E-state index contributed by atoms with van der Waals surface area (Å²) in [5, 5.41) is 12.6. The van der Waals surface area contributed by atoms with Crippen molar-refractivity contribution < 1.29 is 24.2 Å². The van der Waals surface area contributed by atoms with Crippen LogP contribution in [0.2, 0.25) is 0 Å². The molecule has 1 aliphatic rings. The van der Waals surface area contributed by atoms with Gasteiger partial charge in [-0.05, 0) is 80.8 Å². The third-order valence-corrected chi connectivity index (χ3v) is 9.51. The van der Waals surface area contributed by atoms with Crippen molar-refractivity contribution in [3.63, 3.8) is 0 Å². The Morgan fingerprint density at radius 1 is 0.848 bits per heavy atom. The highest BCUT2D eigenvalue weighted by molar-refractivity contribution is 7.14. The summed E-state index contributed by atoms with van der Waals surface area (Å²) in [4.78, 5) is 50.4. The van der Waals surface area contributed by atoms with E-state index >= 15 is 0 Å². The predicted molar refractivity (Wildman–Crippen MR) is 180 cm³/mol. The van der Waals surface area contributed by atoms with E-state index in [9.17, 15) is 19.5 Å². The maximum atomic E-state index is 13.8. The predicted octanol–water partition coefficient (Wildman–Crippen LogP) is 7.15. The first-order chi connectivity index (χ1) is 21.7. The molecule has 1 fully saturated rings.